The summed E-state index contributed by atoms with van der Waals surface area (Å²) in [6.07, 6.45) is 0.323. The number of fused-ring (bicyclic) bond motifs is 5. The molecule has 0 bridgehead atoms. The minimum Gasteiger partial charge on any atom is -0.370 e. The van der Waals surface area contributed by atoms with Crippen molar-refractivity contribution in [3.63, 3.8) is 0 Å². The Morgan fingerprint density at radius 1 is 1.08 bits per heavy atom. The number of nitrogens with two attached hydrogens (primary N) is 2. The number of anilines is 2. The van der Waals surface area contributed by atoms with Gasteiger partial charge in [-0.2, -0.15) is 0 Å². The van der Waals surface area contributed by atoms with E-state index in [1.165, 1.54) is 4.90 Å². The van der Waals surface area contributed by atoms with Gasteiger partial charge in [-0.25, -0.2) is 4.90 Å². The molecule has 0 saturated carbocycles. The van der Waals surface area contributed by atoms with Crippen LogP contribution < -0.4 is 21.3 Å². The molecule has 3 aliphatic heterocycles. The Hall–Kier alpha value is -3.75. The quantitative estimate of drug-likeness (QED) is 0.470. The summed E-state index contributed by atoms with van der Waals surface area (Å²) in [4.78, 5) is 54.4. The first-order chi connectivity index (χ1) is 17.2. The molecule has 182 valence electrons. The number of amides is 4. The molecule has 36 heavy (non-hydrogen) atoms. The van der Waals surface area contributed by atoms with Crippen LogP contribution in [-0.4, -0.2) is 29.7 Å². The number of hydrogen-bond donors (Lipinski definition) is 3. The third-order valence-corrected chi connectivity index (χ3v) is 8.36. The van der Waals surface area contributed by atoms with Crippen molar-refractivity contribution in [2.75, 3.05) is 10.2 Å². The van der Waals surface area contributed by atoms with Crippen molar-refractivity contribution in [1.82, 2.24) is 0 Å². The molecule has 0 aromatic heterocycles. The summed E-state index contributed by atoms with van der Waals surface area (Å²) >= 11 is 6.32. The number of hydrogen-bond acceptors (Lipinski definition) is 4. The molecule has 3 heterocycles. The number of carbonyl (C=O) groups is 4. The number of primary amides is 1. The van der Waals surface area contributed by atoms with Gasteiger partial charge in [0.25, 0.3) is 5.91 Å². The van der Waals surface area contributed by atoms with Gasteiger partial charge in [0.15, 0.2) is 0 Å². The highest BCUT2D eigenvalue weighted by atomic mass is 35.5. The molecule has 0 radical (unpaired) electrons. The van der Waals surface area contributed by atoms with Crippen LogP contribution in [0.1, 0.15) is 24.0 Å². The Morgan fingerprint density at radius 3 is 2.58 bits per heavy atom. The van der Waals surface area contributed by atoms with Gasteiger partial charge in [0.05, 0.1) is 11.4 Å². The highest BCUT2D eigenvalue weighted by Gasteiger charge is 2.74. The van der Waals surface area contributed by atoms with E-state index in [2.05, 4.69) is 5.32 Å². The number of nitrogens with one attached hydrogen (secondary N) is 1. The number of rotatable bonds is 4. The summed E-state index contributed by atoms with van der Waals surface area (Å²) < 4.78 is 0. The fourth-order valence-electron chi connectivity index (χ4n) is 6.29. The maximum absolute atomic E-state index is 14.1. The van der Waals surface area contributed by atoms with E-state index in [0.29, 0.717) is 27.5 Å². The SMILES string of the molecule is Cc1c(Cl)ccc2c1NC(=O)[C@@]21[NH2+][C@@H](CCC(N)=O)[C@H]2C(=O)N(c3ccc4ccccc4c3)C(=O)[C@H]21. The number of quaternary nitrogens is 1. The van der Waals surface area contributed by atoms with E-state index in [-0.39, 0.29) is 24.7 Å². The number of imide groups is 1. The Balaban J connectivity index is 1.50. The van der Waals surface area contributed by atoms with Gasteiger partial charge in [0, 0.05) is 23.4 Å². The Kier molecular flexibility index (Phi) is 4.97. The fraction of sp³-hybridized carbons (Fsp3) is 0.259. The van der Waals surface area contributed by atoms with Crippen molar-refractivity contribution in [3.05, 3.63) is 70.7 Å². The van der Waals surface area contributed by atoms with Crippen molar-refractivity contribution in [2.45, 2.75) is 31.3 Å². The van der Waals surface area contributed by atoms with Crippen molar-refractivity contribution < 1.29 is 24.5 Å². The third kappa shape index (κ3) is 2.98. The van der Waals surface area contributed by atoms with Crippen molar-refractivity contribution in [1.29, 1.82) is 0 Å². The first-order valence-electron chi connectivity index (χ1n) is 11.9. The van der Waals surface area contributed by atoms with E-state index in [9.17, 15) is 19.2 Å². The molecule has 4 atom stereocenters. The molecule has 0 aliphatic carbocycles. The zero-order valence-corrected chi connectivity index (χ0v) is 20.2. The van der Waals surface area contributed by atoms with Gasteiger partial charge in [-0.05, 0) is 47.5 Å². The van der Waals surface area contributed by atoms with E-state index in [0.717, 1.165) is 10.8 Å². The van der Waals surface area contributed by atoms with Crippen molar-refractivity contribution >= 4 is 57.4 Å². The molecule has 8 nitrogen and oxygen atoms in total. The Morgan fingerprint density at radius 2 is 1.83 bits per heavy atom. The lowest BCUT2D eigenvalue weighted by atomic mass is 9.76. The predicted molar refractivity (Wildman–Crippen MR) is 134 cm³/mol. The molecular weight excluding hydrogens is 480 g/mol. The molecular formula is C27H24ClN4O4+. The van der Waals surface area contributed by atoms with E-state index in [1.807, 2.05) is 36.4 Å². The number of nitrogens with zero attached hydrogens (tertiary/aromatic N) is 1. The highest BCUT2D eigenvalue weighted by Crippen LogP contribution is 2.51. The Bertz CT molecular complexity index is 1500. The molecule has 4 amide bonds. The first-order valence-corrected chi connectivity index (χ1v) is 12.2. The number of halogens is 1. The van der Waals surface area contributed by atoms with Crippen LogP contribution in [0.5, 0.6) is 0 Å². The van der Waals surface area contributed by atoms with Crippen LogP contribution in [0.3, 0.4) is 0 Å². The zero-order chi connectivity index (χ0) is 25.4. The monoisotopic (exact) mass is 503 g/mol. The molecule has 2 fully saturated rings. The van der Waals surface area contributed by atoms with E-state index < -0.39 is 35.2 Å². The molecule has 2 saturated heterocycles. The molecule has 5 N–H and O–H groups in total. The minimum absolute atomic E-state index is 0.0477. The standard InChI is InChI=1S/C27H23ClN4O4/c1-13-18(28)9-8-17-23(13)30-26(36)27(17)22-21(19(31-27)10-11-20(29)33)24(34)32(25(22)35)16-7-6-14-4-2-3-5-15(14)12-16/h2-9,12,19,21-22,31H,10-11H2,1H3,(H2,29,33)(H,30,36)/p+1/t19-,21+,22-,27+/m0/s1. The lowest BCUT2D eigenvalue weighted by Gasteiger charge is -2.26. The van der Waals surface area contributed by atoms with Crippen molar-refractivity contribution in [2.24, 2.45) is 17.6 Å². The van der Waals surface area contributed by atoms with Crippen molar-refractivity contribution in [3.8, 4) is 0 Å². The average Bonchev–Trinajstić information content (AvgIpc) is 3.44. The summed E-state index contributed by atoms with van der Waals surface area (Å²) in [6, 6.07) is 16.1. The molecule has 3 aromatic rings. The summed E-state index contributed by atoms with van der Waals surface area (Å²) in [6.45, 7) is 1.81. The van der Waals surface area contributed by atoms with Gasteiger partial charge in [0.1, 0.15) is 17.9 Å². The second kappa shape index (κ2) is 7.88. The van der Waals surface area contributed by atoms with Gasteiger partial charge in [0.2, 0.25) is 23.3 Å². The number of benzene rings is 3. The largest absolute Gasteiger partial charge is 0.370 e. The lowest BCUT2D eigenvalue weighted by Crippen LogP contribution is -2.99. The fourth-order valence-corrected chi connectivity index (χ4v) is 6.45. The van der Waals surface area contributed by atoms with Crippen LogP contribution in [-0.2, 0) is 24.7 Å². The first kappa shape index (κ1) is 22.7. The molecule has 6 rings (SSSR count). The maximum Gasteiger partial charge on any atom is 0.291 e. The minimum atomic E-state index is -1.34. The van der Waals surface area contributed by atoms with E-state index in [1.54, 1.807) is 30.4 Å². The summed E-state index contributed by atoms with van der Waals surface area (Å²) in [5.74, 6) is -3.36. The molecule has 3 aliphatic rings. The Labute approximate surface area is 211 Å². The topological polar surface area (TPSA) is 126 Å². The van der Waals surface area contributed by atoms with Crippen LogP contribution in [0.15, 0.2) is 54.6 Å². The summed E-state index contributed by atoms with van der Waals surface area (Å²) in [7, 11) is 0. The zero-order valence-electron chi connectivity index (χ0n) is 19.5. The normalized spacial score (nSPS) is 26.6. The maximum atomic E-state index is 14.1. The average molecular weight is 504 g/mol. The summed E-state index contributed by atoms with van der Waals surface area (Å²) in [5.41, 5.74) is 6.45. The molecule has 9 heteroatoms. The second-order valence-electron chi connectivity index (χ2n) is 9.80. The second-order valence-corrected chi connectivity index (χ2v) is 10.2. The van der Waals surface area contributed by atoms with Crippen LogP contribution in [0.2, 0.25) is 5.02 Å². The van der Waals surface area contributed by atoms with Gasteiger partial charge in [-0.3, -0.25) is 19.2 Å². The van der Waals surface area contributed by atoms with Crippen LogP contribution in [0.4, 0.5) is 11.4 Å². The predicted octanol–water partition coefficient (Wildman–Crippen LogP) is 1.97. The van der Waals surface area contributed by atoms with Crippen LogP contribution >= 0.6 is 11.6 Å². The van der Waals surface area contributed by atoms with Gasteiger partial charge < -0.3 is 16.4 Å². The highest BCUT2D eigenvalue weighted by molar-refractivity contribution is 6.32. The van der Waals surface area contributed by atoms with Gasteiger partial charge in [-0.15, -0.1) is 0 Å². The number of carbonyl (C=O) groups excluding carboxylic acids is 4. The molecule has 3 aromatic carbocycles. The van der Waals surface area contributed by atoms with Crippen LogP contribution in [0, 0.1) is 18.8 Å². The molecule has 1 spiro atoms. The smallest absolute Gasteiger partial charge is 0.291 e. The lowest BCUT2D eigenvalue weighted by molar-refractivity contribution is -0.733. The summed E-state index contributed by atoms with van der Waals surface area (Å²) in [5, 5.41) is 7.10. The van der Waals surface area contributed by atoms with Gasteiger partial charge >= 0.3 is 0 Å². The third-order valence-electron chi connectivity index (χ3n) is 7.95. The van der Waals surface area contributed by atoms with E-state index >= 15 is 0 Å². The van der Waals surface area contributed by atoms with Gasteiger partial charge in [-0.1, -0.05) is 41.9 Å². The molecule has 0 unspecified atom stereocenters. The van der Waals surface area contributed by atoms with E-state index in [4.69, 9.17) is 17.3 Å². The van der Waals surface area contributed by atoms with Crippen LogP contribution in [0.25, 0.3) is 10.8 Å².